The van der Waals surface area contributed by atoms with Crippen LogP contribution in [0.3, 0.4) is 0 Å². The van der Waals surface area contributed by atoms with Crippen molar-refractivity contribution in [3.63, 3.8) is 0 Å². The van der Waals surface area contributed by atoms with Crippen LogP contribution in [0.4, 0.5) is 0 Å². The first kappa shape index (κ1) is 12.8. The molecule has 18 heavy (non-hydrogen) atoms. The van der Waals surface area contributed by atoms with Crippen molar-refractivity contribution in [1.82, 2.24) is 14.5 Å². The SMILES string of the molecule is Cc1ccc2c(=O)n(CC(C)N(C)C)cnc2c1. The Morgan fingerprint density at radius 1 is 1.39 bits per heavy atom. The fourth-order valence-corrected chi connectivity index (χ4v) is 1.85. The number of hydrogen-bond donors (Lipinski definition) is 0. The molecule has 1 unspecified atom stereocenters. The van der Waals surface area contributed by atoms with Gasteiger partial charge in [0.2, 0.25) is 0 Å². The molecule has 2 aromatic rings. The summed E-state index contributed by atoms with van der Waals surface area (Å²) in [6.07, 6.45) is 1.64. The average Bonchev–Trinajstić information content (AvgIpc) is 2.32. The van der Waals surface area contributed by atoms with Gasteiger partial charge in [0.1, 0.15) is 0 Å². The first-order valence-electron chi connectivity index (χ1n) is 6.11. The summed E-state index contributed by atoms with van der Waals surface area (Å²) in [6, 6.07) is 6.05. The molecule has 1 aromatic carbocycles. The van der Waals surface area contributed by atoms with E-state index in [2.05, 4.69) is 16.8 Å². The summed E-state index contributed by atoms with van der Waals surface area (Å²) >= 11 is 0. The van der Waals surface area contributed by atoms with Crippen LogP contribution in [-0.2, 0) is 6.54 Å². The Balaban J connectivity index is 2.45. The van der Waals surface area contributed by atoms with Crippen molar-refractivity contribution < 1.29 is 0 Å². The van der Waals surface area contributed by atoms with Crippen LogP contribution in [0.5, 0.6) is 0 Å². The highest BCUT2D eigenvalue weighted by Gasteiger charge is 2.09. The van der Waals surface area contributed by atoms with Crippen molar-refractivity contribution in [2.24, 2.45) is 0 Å². The normalized spacial score (nSPS) is 13.2. The molecule has 0 aliphatic rings. The van der Waals surface area contributed by atoms with E-state index >= 15 is 0 Å². The third-order valence-corrected chi connectivity index (χ3v) is 3.32. The second-order valence-corrected chi connectivity index (χ2v) is 5.04. The van der Waals surface area contributed by atoms with Gasteiger partial charge in [-0.25, -0.2) is 4.98 Å². The number of hydrogen-bond acceptors (Lipinski definition) is 3. The molecule has 1 heterocycles. The van der Waals surface area contributed by atoms with Crippen molar-refractivity contribution in [2.75, 3.05) is 14.1 Å². The average molecular weight is 245 g/mol. The number of aromatic nitrogens is 2. The molecule has 0 bridgehead atoms. The molecule has 0 amide bonds. The fourth-order valence-electron chi connectivity index (χ4n) is 1.85. The van der Waals surface area contributed by atoms with Crippen LogP contribution in [0.2, 0.25) is 0 Å². The number of rotatable bonds is 3. The molecule has 0 saturated heterocycles. The maximum atomic E-state index is 12.3. The number of likely N-dealkylation sites (N-methyl/N-ethyl adjacent to an activating group) is 1. The zero-order valence-corrected chi connectivity index (χ0v) is 11.3. The van der Waals surface area contributed by atoms with Crippen molar-refractivity contribution in [3.8, 4) is 0 Å². The quantitative estimate of drug-likeness (QED) is 0.825. The fraction of sp³-hybridized carbons (Fsp3) is 0.429. The van der Waals surface area contributed by atoms with Crippen LogP contribution in [0.1, 0.15) is 12.5 Å². The van der Waals surface area contributed by atoms with Gasteiger partial charge in [0.25, 0.3) is 5.56 Å². The van der Waals surface area contributed by atoms with E-state index < -0.39 is 0 Å². The molecule has 0 saturated carbocycles. The van der Waals surface area contributed by atoms with Crippen LogP contribution in [0.15, 0.2) is 29.3 Å². The predicted octanol–water partition coefficient (Wildman–Crippen LogP) is 1.66. The minimum atomic E-state index is 0.0358. The van der Waals surface area contributed by atoms with Gasteiger partial charge in [-0.2, -0.15) is 0 Å². The van der Waals surface area contributed by atoms with E-state index in [1.807, 2.05) is 39.2 Å². The minimum absolute atomic E-state index is 0.0358. The molecular formula is C14H19N3O. The molecule has 0 fully saturated rings. The van der Waals surface area contributed by atoms with Gasteiger partial charge >= 0.3 is 0 Å². The summed E-state index contributed by atoms with van der Waals surface area (Å²) in [7, 11) is 4.01. The Kier molecular flexibility index (Phi) is 3.48. The summed E-state index contributed by atoms with van der Waals surface area (Å²) in [6.45, 7) is 4.75. The standard InChI is InChI=1S/C14H19N3O/c1-10-5-6-12-13(7-10)15-9-17(14(12)18)8-11(2)16(3)4/h5-7,9,11H,8H2,1-4H3. The van der Waals surface area contributed by atoms with Gasteiger partial charge in [-0.3, -0.25) is 9.36 Å². The van der Waals surface area contributed by atoms with E-state index in [1.165, 1.54) is 0 Å². The number of benzene rings is 1. The lowest BCUT2D eigenvalue weighted by Gasteiger charge is -2.20. The molecule has 4 heteroatoms. The highest BCUT2D eigenvalue weighted by Crippen LogP contribution is 2.09. The van der Waals surface area contributed by atoms with Crippen LogP contribution >= 0.6 is 0 Å². The molecule has 0 aliphatic carbocycles. The minimum Gasteiger partial charge on any atom is -0.305 e. The van der Waals surface area contributed by atoms with Gasteiger partial charge in [-0.1, -0.05) is 6.07 Å². The largest absolute Gasteiger partial charge is 0.305 e. The monoisotopic (exact) mass is 245 g/mol. The van der Waals surface area contributed by atoms with Gasteiger partial charge in [-0.05, 0) is 45.6 Å². The molecule has 0 radical (unpaired) electrons. The summed E-state index contributed by atoms with van der Waals surface area (Å²) in [4.78, 5) is 18.8. The topological polar surface area (TPSA) is 38.1 Å². The summed E-state index contributed by atoms with van der Waals surface area (Å²) in [5.41, 5.74) is 1.93. The van der Waals surface area contributed by atoms with Crippen molar-refractivity contribution in [3.05, 3.63) is 40.4 Å². The smallest absolute Gasteiger partial charge is 0.261 e. The molecule has 1 atom stereocenters. The molecule has 0 aliphatic heterocycles. The Bertz CT molecular complexity index is 616. The Morgan fingerprint density at radius 3 is 2.78 bits per heavy atom. The third-order valence-electron chi connectivity index (χ3n) is 3.32. The van der Waals surface area contributed by atoms with Gasteiger partial charge < -0.3 is 4.90 Å². The number of aryl methyl sites for hydroxylation is 1. The van der Waals surface area contributed by atoms with E-state index in [4.69, 9.17) is 0 Å². The van der Waals surface area contributed by atoms with Crippen LogP contribution in [0, 0.1) is 6.92 Å². The molecule has 4 nitrogen and oxygen atoms in total. The van der Waals surface area contributed by atoms with Crippen molar-refractivity contribution >= 4 is 10.9 Å². The zero-order valence-electron chi connectivity index (χ0n) is 11.3. The third kappa shape index (κ3) is 2.43. The lowest BCUT2D eigenvalue weighted by Crippen LogP contribution is -2.33. The second kappa shape index (κ2) is 4.90. The Hall–Kier alpha value is -1.68. The maximum Gasteiger partial charge on any atom is 0.261 e. The highest BCUT2D eigenvalue weighted by molar-refractivity contribution is 5.77. The summed E-state index contributed by atoms with van der Waals surface area (Å²) in [5, 5.41) is 0.689. The molecular weight excluding hydrogens is 226 g/mol. The second-order valence-electron chi connectivity index (χ2n) is 5.04. The van der Waals surface area contributed by atoms with E-state index in [-0.39, 0.29) is 5.56 Å². The van der Waals surface area contributed by atoms with E-state index in [9.17, 15) is 4.79 Å². The van der Waals surface area contributed by atoms with E-state index in [0.29, 0.717) is 18.0 Å². The first-order valence-corrected chi connectivity index (χ1v) is 6.11. The molecule has 0 N–H and O–H groups in total. The number of fused-ring (bicyclic) bond motifs is 1. The molecule has 0 spiro atoms. The van der Waals surface area contributed by atoms with Crippen LogP contribution < -0.4 is 5.56 Å². The molecule has 96 valence electrons. The molecule has 1 aromatic heterocycles. The van der Waals surface area contributed by atoms with Gasteiger partial charge in [0.05, 0.1) is 17.2 Å². The van der Waals surface area contributed by atoms with Crippen LogP contribution in [-0.4, -0.2) is 34.6 Å². The summed E-state index contributed by atoms with van der Waals surface area (Å²) in [5.74, 6) is 0. The predicted molar refractivity (Wildman–Crippen MR) is 73.9 cm³/mol. The highest BCUT2D eigenvalue weighted by atomic mass is 16.1. The lowest BCUT2D eigenvalue weighted by atomic mass is 10.2. The summed E-state index contributed by atoms with van der Waals surface area (Å²) < 4.78 is 1.68. The Labute approximate surface area is 107 Å². The zero-order chi connectivity index (χ0) is 13.3. The van der Waals surface area contributed by atoms with Crippen LogP contribution in [0.25, 0.3) is 10.9 Å². The number of nitrogens with zero attached hydrogens (tertiary/aromatic N) is 3. The maximum absolute atomic E-state index is 12.3. The van der Waals surface area contributed by atoms with E-state index in [1.54, 1.807) is 10.9 Å². The van der Waals surface area contributed by atoms with Crippen molar-refractivity contribution in [1.29, 1.82) is 0 Å². The van der Waals surface area contributed by atoms with E-state index in [0.717, 1.165) is 11.1 Å². The van der Waals surface area contributed by atoms with Crippen molar-refractivity contribution in [2.45, 2.75) is 26.4 Å². The molecule has 2 rings (SSSR count). The van der Waals surface area contributed by atoms with Gasteiger partial charge in [-0.15, -0.1) is 0 Å². The lowest BCUT2D eigenvalue weighted by molar-refractivity contribution is 0.281. The van der Waals surface area contributed by atoms with Gasteiger partial charge in [0, 0.05) is 12.6 Å². The Morgan fingerprint density at radius 2 is 2.11 bits per heavy atom. The van der Waals surface area contributed by atoms with Gasteiger partial charge in [0.15, 0.2) is 0 Å². The first-order chi connectivity index (χ1) is 8.49.